The summed E-state index contributed by atoms with van der Waals surface area (Å²) >= 11 is 6.18. The van der Waals surface area contributed by atoms with Gasteiger partial charge in [-0.15, -0.1) is 0 Å². The molecule has 0 saturated carbocycles. The van der Waals surface area contributed by atoms with Crippen LogP contribution in [0.2, 0.25) is 0 Å². The topological polar surface area (TPSA) is 96.9 Å². The molecule has 0 bridgehead atoms. The number of phenolic OH excluding ortho intramolecular Hbond substituents is 1. The number of carbonyl (C=O) groups excluding carboxylic acids is 2. The molecule has 1 aliphatic rings. The summed E-state index contributed by atoms with van der Waals surface area (Å²) in [6.07, 6.45) is 1.71. The van der Waals surface area contributed by atoms with E-state index in [2.05, 4.69) is 10.6 Å². The van der Waals surface area contributed by atoms with Gasteiger partial charge in [-0.3, -0.25) is 9.59 Å². The van der Waals surface area contributed by atoms with E-state index in [-0.39, 0.29) is 24.2 Å². The van der Waals surface area contributed by atoms with Crippen molar-refractivity contribution in [1.29, 1.82) is 0 Å². The van der Waals surface area contributed by atoms with Gasteiger partial charge < -0.3 is 25.2 Å². The molecule has 3 N–H and O–H groups in total. The second-order valence-electron chi connectivity index (χ2n) is 5.88. The van der Waals surface area contributed by atoms with Crippen molar-refractivity contribution in [1.82, 2.24) is 5.32 Å². The molecule has 2 amide bonds. The van der Waals surface area contributed by atoms with Crippen LogP contribution in [0.3, 0.4) is 0 Å². The van der Waals surface area contributed by atoms with Gasteiger partial charge in [0, 0.05) is 5.69 Å². The van der Waals surface area contributed by atoms with Crippen LogP contribution in [0.15, 0.2) is 47.4 Å². The largest absolute Gasteiger partial charge is 0.508 e. The van der Waals surface area contributed by atoms with Crippen LogP contribution in [0.4, 0.5) is 5.69 Å². The van der Waals surface area contributed by atoms with E-state index in [4.69, 9.17) is 21.7 Å². The normalized spacial score (nSPS) is 14.6. The molecule has 0 spiro atoms. The SMILES string of the molecule is CCOc1cc(/C=C2\SC(=S)NC2=O)ccc1OCC(=O)Nc1ccc(O)cc1. The Morgan fingerprint density at radius 2 is 1.97 bits per heavy atom. The number of aromatic hydroxyl groups is 1. The highest BCUT2D eigenvalue weighted by molar-refractivity contribution is 8.26. The van der Waals surface area contributed by atoms with Crippen molar-refractivity contribution < 1.29 is 24.2 Å². The maximum absolute atomic E-state index is 12.1. The van der Waals surface area contributed by atoms with Crippen LogP contribution in [0.5, 0.6) is 17.2 Å². The molecule has 0 aromatic heterocycles. The number of nitrogens with one attached hydrogen (secondary N) is 2. The molecule has 1 aliphatic heterocycles. The van der Waals surface area contributed by atoms with Crippen molar-refractivity contribution in [2.45, 2.75) is 6.92 Å². The van der Waals surface area contributed by atoms with Gasteiger partial charge in [-0.2, -0.15) is 0 Å². The van der Waals surface area contributed by atoms with Gasteiger partial charge in [0.1, 0.15) is 10.1 Å². The Morgan fingerprint density at radius 1 is 1.21 bits per heavy atom. The summed E-state index contributed by atoms with van der Waals surface area (Å²) in [7, 11) is 0. The lowest BCUT2D eigenvalue weighted by molar-refractivity contribution is -0.118. The number of phenols is 1. The van der Waals surface area contributed by atoms with Crippen LogP contribution in [-0.4, -0.2) is 34.5 Å². The lowest BCUT2D eigenvalue weighted by Gasteiger charge is -2.13. The van der Waals surface area contributed by atoms with E-state index in [1.165, 1.54) is 23.9 Å². The number of thiocarbonyl (C=S) groups is 1. The highest BCUT2D eigenvalue weighted by Crippen LogP contribution is 2.32. The van der Waals surface area contributed by atoms with Crippen LogP contribution in [0.1, 0.15) is 12.5 Å². The van der Waals surface area contributed by atoms with Gasteiger partial charge in [0.15, 0.2) is 18.1 Å². The number of thioether (sulfide) groups is 1. The molecule has 9 heteroatoms. The number of rotatable bonds is 7. The molecular weight excluding hydrogens is 412 g/mol. The van der Waals surface area contributed by atoms with Crippen molar-refractivity contribution >= 4 is 51.9 Å². The molecule has 29 heavy (non-hydrogen) atoms. The average molecular weight is 431 g/mol. The first-order valence-electron chi connectivity index (χ1n) is 8.68. The first kappa shape index (κ1) is 20.7. The fourth-order valence-electron chi connectivity index (χ4n) is 2.46. The van der Waals surface area contributed by atoms with Gasteiger partial charge >= 0.3 is 0 Å². The summed E-state index contributed by atoms with van der Waals surface area (Å²) in [4.78, 5) is 24.4. The minimum Gasteiger partial charge on any atom is -0.508 e. The van der Waals surface area contributed by atoms with E-state index in [9.17, 15) is 14.7 Å². The second-order valence-corrected chi connectivity index (χ2v) is 7.59. The van der Waals surface area contributed by atoms with Crippen molar-refractivity contribution in [2.24, 2.45) is 0 Å². The zero-order chi connectivity index (χ0) is 20.8. The molecule has 2 aromatic rings. The van der Waals surface area contributed by atoms with Crippen molar-refractivity contribution in [3.05, 3.63) is 52.9 Å². The third kappa shape index (κ3) is 5.72. The van der Waals surface area contributed by atoms with Gasteiger partial charge in [-0.1, -0.05) is 30.0 Å². The van der Waals surface area contributed by atoms with Crippen LogP contribution in [0, 0.1) is 0 Å². The van der Waals surface area contributed by atoms with Crippen LogP contribution in [0.25, 0.3) is 6.08 Å². The molecule has 1 heterocycles. The predicted octanol–water partition coefficient (Wildman–Crippen LogP) is 3.30. The number of ether oxygens (including phenoxy) is 2. The van der Waals surface area contributed by atoms with Crippen LogP contribution < -0.4 is 20.1 Å². The lowest BCUT2D eigenvalue weighted by atomic mass is 10.2. The summed E-state index contributed by atoms with van der Waals surface area (Å²) in [6.45, 7) is 2.04. The molecule has 3 rings (SSSR count). The highest BCUT2D eigenvalue weighted by atomic mass is 32.2. The Kier molecular flexibility index (Phi) is 6.73. The summed E-state index contributed by atoms with van der Waals surface area (Å²) in [5, 5.41) is 14.5. The van der Waals surface area contributed by atoms with Crippen molar-refractivity contribution in [3.63, 3.8) is 0 Å². The third-order valence-corrected chi connectivity index (χ3v) is 4.88. The van der Waals surface area contributed by atoms with Gasteiger partial charge in [0.2, 0.25) is 0 Å². The predicted molar refractivity (Wildman–Crippen MR) is 116 cm³/mol. The maximum atomic E-state index is 12.1. The smallest absolute Gasteiger partial charge is 0.263 e. The number of hydrogen-bond acceptors (Lipinski definition) is 7. The van der Waals surface area contributed by atoms with Crippen LogP contribution >= 0.6 is 24.0 Å². The van der Waals surface area contributed by atoms with Crippen molar-refractivity contribution in [3.8, 4) is 17.2 Å². The van der Waals surface area contributed by atoms with E-state index < -0.39 is 0 Å². The molecule has 0 aliphatic carbocycles. The lowest BCUT2D eigenvalue weighted by Crippen LogP contribution is -2.20. The van der Waals surface area contributed by atoms with Gasteiger partial charge in [-0.05, 0) is 55.0 Å². The monoisotopic (exact) mass is 430 g/mol. The Hall–Kier alpha value is -3.04. The van der Waals surface area contributed by atoms with Gasteiger partial charge in [0.05, 0.1) is 11.5 Å². The molecule has 7 nitrogen and oxygen atoms in total. The molecule has 1 fully saturated rings. The van der Waals surface area contributed by atoms with Crippen molar-refractivity contribution in [2.75, 3.05) is 18.5 Å². The highest BCUT2D eigenvalue weighted by Gasteiger charge is 2.22. The first-order chi connectivity index (χ1) is 13.9. The molecule has 0 radical (unpaired) electrons. The zero-order valence-corrected chi connectivity index (χ0v) is 17.1. The van der Waals surface area contributed by atoms with Gasteiger partial charge in [-0.25, -0.2) is 0 Å². The summed E-state index contributed by atoms with van der Waals surface area (Å²) in [5.74, 6) is 0.409. The maximum Gasteiger partial charge on any atom is 0.263 e. The Bertz CT molecular complexity index is 973. The molecule has 0 atom stereocenters. The number of carbonyl (C=O) groups is 2. The minimum absolute atomic E-state index is 0.117. The Labute approximate surface area is 177 Å². The molecular formula is C20H18N2O5S2. The quantitative estimate of drug-likeness (QED) is 0.352. The van der Waals surface area contributed by atoms with Crippen LogP contribution in [-0.2, 0) is 9.59 Å². The summed E-state index contributed by atoms with van der Waals surface area (Å²) < 4.78 is 11.6. The number of anilines is 1. The molecule has 0 unspecified atom stereocenters. The van der Waals surface area contributed by atoms with E-state index in [0.29, 0.717) is 33.0 Å². The molecule has 2 aromatic carbocycles. The summed E-state index contributed by atoms with van der Waals surface area (Å²) in [6, 6.07) is 11.3. The molecule has 150 valence electrons. The van der Waals surface area contributed by atoms with E-state index in [0.717, 1.165) is 5.56 Å². The van der Waals surface area contributed by atoms with E-state index in [1.807, 2.05) is 6.92 Å². The zero-order valence-electron chi connectivity index (χ0n) is 15.4. The average Bonchev–Trinajstić information content (AvgIpc) is 3.00. The number of benzene rings is 2. The summed E-state index contributed by atoms with van der Waals surface area (Å²) in [5.41, 5.74) is 1.30. The van der Waals surface area contributed by atoms with E-state index >= 15 is 0 Å². The standard InChI is InChI=1S/C20H18N2O5S2/c1-2-26-16-9-12(10-17-19(25)22-20(28)29-17)3-8-15(16)27-11-18(24)21-13-4-6-14(23)7-5-13/h3-10,23H,2,11H2,1H3,(H,21,24)(H,22,25,28)/b17-10-. The Balaban J connectivity index is 1.67. The fourth-order valence-corrected chi connectivity index (χ4v) is 3.50. The molecule has 1 saturated heterocycles. The minimum atomic E-state index is -0.350. The fraction of sp³-hybridized carbons (Fsp3) is 0.150. The first-order valence-corrected chi connectivity index (χ1v) is 9.90. The number of hydrogen-bond donors (Lipinski definition) is 3. The van der Waals surface area contributed by atoms with E-state index in [1.54, 1.807) is 36.4 Å². The Morgan fingerprint density at radius 3 is 2.62 bits per heavy atom. The van der Waals surface area contributed by atoms with Gasteiger partial charge in [0.25, 0.3) is 11.8 Å². The second kappa shape index (κ2) is 9.44. The third-order valence-electron chi connectivity index (χ3n) is 3.72. The number of amides is 2.